The Morgan fingerprint density at radius 1 is 1.27 bits per heavy atom. The highest BCUT2D eigenvalue weighted by atomic mass is 16.2. The first-order chi connectivity index (χ1) is 10.4. The minimum absolute atomic E-state index is 0.0501. The van der Waals surface area contributed by atoms with Gasteiger partial charge in [-0.05, 0) is 23.8 Å². The van der Waals surface area contributed by atoms with Gasteiger partial charge < -0.3 is 10.6 Å². The lowest BCUT2D eigenvalue weighted by Crippen LogP contribution is -2.41. The predicted octanol–water partition coefficient (Wildman–Crippen LogP) is 2.14. The van der Waals surface area contributed by atoms with Gasteiger partial charge in [0.1, 0.15) is 5.92 Å². The van der Waals surface area contributed by atoms with E-state index in [-0.39, 0.29) is 23.1 Å². The number of rotatable bonds is 5. The quantitative estimate of drug-likeness (QED) is 0.647. The molecule has 1 aliphatic heterocycles. The summed E-state index contributed by atoms with van der Waals surface area (Å²) in [4.78, 5) is 24.3. The van der Waals surface area contributed by atoms with Crippen LogP contribution in [0.3, 0.4) is 0 Å². The molecule has 0 saturated carbocycles. The van der Waals surface area contributed by atoms with Gasteiger partial charge in [-0.2, -0.15) is 0 Å². The molecule has 0 radical (unpaired) electrons. The molecule has 0 bridgehead atoms. The monoisotopic (exact) mass is 302 g/mol. The Bertz CT molecular complexity index is 520. The molecule has 22 heavy (non-hydrogen) atoms. The number of carbonyl (C=O) groups excluding carboxylic acids is 2. The van der Waals surface area contributed by atoms with E-state index < -0.39 is 5.92 Å². The zero-order valence-corrected chi connectivity index (χ0v) is 13.7. The van der Waals surface area contributed by atoms with Crippen molar-refractivity contribution >= 4 is 11.8 Å². The van der Waals surface area contributed by atoms with Crippen molar-refractivity contribution in [2.24, 2.45) is 17.3 Å². The molecule has 2 atom stereocenters. The minimum Gasteiger partial charge on any atom is -0.355 e. The summed E-state index contributed by atoms with van der Waals surface area (Å²) < 4.78 is 0. The van der Waals surface area contributed by atoms with Crippen LogP contribution in [0.5, 0.6) is 0 Å². The Kier molecular flexibility index (Phi) is 5.22. The van der Waals surface area contributed by atoms with E-state index in [0.717, 1.165) is 12.8 Å². The van der Waals surface area contributed by atoms with Gasteiger partial charge in [0.2, 0.25) is 11.8 Å². The van der Waals surface area contributed by atoms with Gasteiger partial charge in [-0.15, -0.1) is 0 Å². The van der Waals surface area contributed by atoms with Crippen LogP contribution in [-0.2, 0) is 16.0 Å². The SMILES string of the molecule is CC(C)(C)[C@@H]1CNC(=O)[C@@H]1C(=O)NCCCc1ccccc1. The van der Waals surface area contributed by atoms with Crippen LogP contribution in [0, 0.1) is 17.3 Å². The molecule has 2 amide bonds. The summed E-state index contributed by atoms with van der Waals surface area (Å²) in [6, 6.07) is 10.2. The fourth-order valence-corrected chi connectivity index (χ4v) is 2.99. The van der Waals surface area contributed by atoms with Gasteiger partial charge in [0, 0.05) is 19.0 Å². The Balaban J connectivity index is 1.82. The Morgan fingerprint density at radius 3 is 2.59 bits per heavy atom. The highest BCUT2D eigenvalue weighted by Gasteiger charge is 2.45. The molecular formula is C18H26N2O2. The summed E-state index contributed by atoms with van der Waals surface area (Å²) in [6.07, 6.45) is 1.81. The average Bonchev–Trinajstić information content (AvgIpc) is 2.86. The van der Waals surface area contributed by atoms with E-state index in [9.17, 15) is 9.59 Å². The number of hydrogen-bond donors (Lipinski definition) is 2. The van der Waals surface area contributed by atoms with Gasteiger partial charge >= 0.3 is 0 Å². The van der Waals surface area contributed by atoms with Gasteiger partial charge in [-0.1, -0.05) is 51.1 Å². The molecule has 2 rings (SSSR count). The van der Waals surface area contributed by atoms with Crippen molar-refractivity contribution in [2.45, 2.75) is 33.6 Å². The van der Waals surface area contributed by atoms with Crippen LogP contribution in [0.25, 0.3) is 0 Å². The normalized spacial score (nSPS) is 21.5. The third kappa shape index (κ3) is 4.09. The van der Waals surface area contributed by atoms with Crippen molar-refractivity contribution in [1.82, 2.24) is 10.6 Å². The second-order valence-corrected chi connectivity index (χ2v) is 7.08. The molecule has 0 aromatic heterocycles. The molecular weight excluding hydrogens is 276 g/mol. The van der Waals surface area contributed by atoms with E-state index >= 15 is 0 Å². The molecule has 4 nitrogen and oxygen atoms in total. The molecule has 1 aromatic rings. The number of hydrogen-bond acceptors (Lipinski definition) is 2. The first kappa shape index (κ1) is 16.5. The van der Waals surface area contributed by atoms with Crippen LogP contribution < -0.4 is 10.6 Å². The van der Waals surface area contributed by atoms with Gasteiger partial charge in [-0.3, -0.25) is 9.59 Å². The molecule has 120 valence electrons. The maximum Gasteiger partial charge on any atom is 0.232 e. The maximum atomic E-state index is 12.4. The summed E-state index contributed by atoms with van der Waals surface area (Å²) in [7, 11) is 0. The Morgan fingerprint density at radius 2 is 1.95 bits per heavy atom. The van der Waals surface area contributed by atoms with Crippen LogP contribution in [0.1, 0.15) is 32.8 Å². The lowest BCUT2D eigenvalue weighted by atomic mass is 9.74. The fourth-order valence-electron chi connectivity index (χ4n) is 2.99. The summed E-state index contributed by atoms with van der Waals surface area (Å²) in [5.41, 5.74) is 1.20. The summed E-state index contributed by atoms with van der Waals surface area (Å²) >= 11 is 0. The summed E-state index contributed by atoms with van der Waals surface area (Å²) in [6.45, 7) is 7.42. The van der Waals surface area contributed by atoms with Crippen LogP contribution >= 0.6 is 0 Å². The lowest BCUT2D eigenvalue weighted by molar-refractivity contribution is -0.135. The van der Waals surface area contributed by atoms with Gasteiger partial charge in [0.05, 0.1) is 0 Å². The zero-order chi connectivity index (χ0) is 16.2. The molecule has 1 aliphatic rings. The largest absolute Gasteiger partial charge is 0.355 e. The van der Waals surface area contributed by atoms with Crippen molar-refractivity contribution in [2.75, 3.05) is 13.1 Å². The van der Waals surface area contributed by atoms with Crippen LogP contribution in [0.15, 0.2) is 30.3 Å². The van der Waals surface area contributed by atoms with E-state index in [1.54, 1.807) is 0 Å². The number of benzene rings is 1. The average molecular weight is 302 g/mol. The van der Waals surface area contributed by atoms with Crippen LogP contribution in [0.2, 0.25) is 0 Å². The molecule has 0 unspecified atom stereocenters. The maximum absolute atomic E-state index is 12.4. The second kappa shape index (κ2) is 6.95. The molecule has 1 saturated heterocycles. The van der Waals surface area contributed by atoms with Crippen molar-refractivity contribution in [3.8, 4) is 0 Å². The predicted molar refractivity (Wildman–Crippen MR) is 87.2 cm³/mol. The van der Waals surface area contributed by atoms with Crippen LogP contribution in [0.4, 0.5) is 0 Å². The van der Waals surface area contributed by atoms with Crippen molar-refractivity contribution in [3.05, 3.63) is 35.9 Å². The van der Waals surface area contributed by atoms with Crippen molar-refractivity contribution in [3.63, 3.8) is 0 Å². The number of amides is 2. The lowest BCUT2D eigenvalue weighted by Gasteiger charge is -2.29. The third-order valence-corrected chi connectivity index (χ3v) is 4.36. The number of nitrogens with one attached hydrogen (secondary N) is 2. The Hall–Kier alpha value is -1.84. The second-order valence-electron chi connectivity index (χ2n) is 7.08. The van der Waals surface area contributed by atoms with Gasteiger partial charge in [0.25, 0.3) is 0 Å². The minimum atomic E-state index is -0.559. The smallest absolute Gasteiger partial charge is 0.232 e. The van der Waals surface area contributed by atoms with Gasteiger partial charge in [-0.25, -0.2) is 0 Å². The Labute approximate surface area is 132 Å². The first-order valence-electron chi connectivity index (χ1n) is 7.99. The molecule has 0 aliphatic carbocycles. The molecule has 2 N–H and O–H groups in total. The van der Waals surface area contributed by atoms with E-state index in [1.165, 1.54) is 5.56 Å². The molecule has 1 heterocycles. The van der Waals surface area contributed by atoms with E-state index in [2.05, 4.69) is 43.5 Å². The summed E-state index contributed by atoms with van der Waals surface area (Å²) in [5, 5.41) is 5.75. The molecule has 1 aromatic carbocycles. The van der Waals surface area contributed by atoms with Crippen molar-refractivity contribution < 1.29 is 9.59 Å². The standard InChI is InChI=1S/C18H26N2O2/c1-18(2,3)14-12-20-17(22)15(14)16(21)19-11-7-10-13-8-5-4-6-9-13/h4-6,8-9,14-15H,7,10-12H2,1-3H3,(H,19,21)(H,20,22)/t14-,15+/m1/s1. The third-order valence-electron chi connectivity index (χ3n) is 4.36. The topological polar surface area (TPSA) is 58.2 Å². The number of carbonyl (C=O) groups is 2. The first-order valence-corrected chi connectivity index (χ1v) is 7.99. The molecule has 0 spiro atoms. The highest BCUT2D eigenvalue weighted by molar-refractivity contribution is 6.02. The van der Waals surface area contributed by atoms with Gasteiger partial charge in [0.15, 0.2) is 0 Å². The van der Waals surface area contributed by atoms with E-state index in [4.69, 9.17) is 0 Å². The zero-order valence-electron chi connectivity index (χ0n) is 13.7. The fraction of sp³-hybridized carbons (Fsp3) is 0.556. The molecule has 4 heteroatoms. The number of aryl methyl sites for hydroxylation is 1. The highest BCUT2D eigenvalue weighted by Crippen LogP contribution is 2.35. The van der Waals surface area contributed by atoms with E-state index in [0.29, 0.717) is 13.1 Å². The van der Waals surface area contributed by atoms with E-state index in [1.807, 2.05) is 18.2 Å². The van der Waals surface area contributed by atoms with Crippen LogP contribution in [-0.4, -0.2) is 24.9 Å². The van der Waals surface area contributed by atoms with Crippen molar-refractivity contribution in [1.29, 1.82) is 0 Å². The molecule has 1 fully saturated rings. The summed E-state index contributed by atoms with van der Waals surface area (Å²) in [5.74, 6) is -0.783.